The first-order chi connectivity index (χ1) is 11.1. The highest BCUT2D eigenvalue weighted by atomic mass is 16.2. The minimum atomic E-state index is -0.523. The molecule has 2 heterocycles. The van der Waals surface area contributed by atoms with Crippen molar-refractivity contribution >= 4 is 17.5 Å². The summed E-state index contributed by atoms with van der Waals surface area (Å²) in [4.78, 5) is 38.0. The average molecular weight is 329 g/mol. The number of pyridine rings is 1. The highest BCUT2D eigenvalue weighted by Crippen LogP contribution is 2.18. The summed E-state index contributed by atoms with van der Waals surface area (Å²) in [7, 11) is 3.72. The molecule has 0 bridgehead atoms. The van der Waals surface area contributed by atoms with Crippen molar-refractivity contribution in [2.75, 3.05) is 24.3 Å². The zero-order valence-electron chi connectivity index (χ0n) is 14.9. The van der Waals surface area contributed by atoms with Crippen molar-refractivity contribution in [1.29, 1.82) is 0 Å². The van der Waals surface area contributed by atoms with E-state index in [2.05, 4.69) is 20.3 Å². The monoisotopic (exact) mass is 329 g/mol. The van der Waals surface area contributed by atoms with E-state index in [1.807, 2.05) is 45.8 Å². The predicted molar refractivity (Wildman–Crippen MR) is 94.8 cm³/mol. The number of hydrogen-bond acceptors (Lipinski definition) is 5. The maximum Gasteiger partial charge on any atom is 0.264 e. The number of nitrogens with zero attached hydrogens (tertiary/aromatic N) is 3. The first-order valence-electron chi connectivity index (χ1n) is 7.66. The van der Waals surface area contributed by atoms with E-state index in [-0.39, 0.29) is 11.0 Å². The van der Waals surface area contributed by atoms with E-state index < -0.39 is 11.5 Å². The van der Waals surface area contributed by atoms with E-state index in [0.29, 0.717) is 23.2 Å². The van der Waals surface area contributed by atoms with Crippen molar-refractivity contribution in [2.24, 2.45) is 0 Å². The maximum absolute atomic E-state index is 12.5. The Morgan fingerprint density at radius 3 is 2.42 bits per heavy atom. The van der Waals surface area contributed by atoms with E-state index in [1.54, 1.807) is 19.1 Å². The second-order valence-corrected chi connectivity index (χ2v) is 6.85. The van der Waals surface area contributed by atoms with Crippen LogP contribution in [0.25, 0.3) is 0 Å². The Morgan fingerprint density at radius 1 is 1.21 bits per heavy atom. The summed E-state index contributed by atoms with van der Waals surface area (Å²) >= 11 is 0. The van der Waals surface area contributed by atoms with Gasteiger partial charge in [-0.3, -0.25) is 9.59 Å². The second kappa shape index (κ2) is 6.43. The van der Waals surface area contributed by atoms with Crippen LogP contribution in [-0.2, 0) is 5.41 Å². The predicted octanol–water partition coefficient (Wildman–Crippen LogP) is 2.09. The number of carbonyl (C=O) groups excluding carboxylic acids is 1. The Labute approximate surface area is 141 Å². The quantitative estimate of drug-likeness (QED) is 0.900. The molecular formula is C17H23N5O2. The Bertz CT molecular complexity index is 818. The van der Waals surface area contributed by atoms with Crippen molar-refractivity contribution in [2.45, 2.75) is 33.1 Å². The molecule has 0 aliphatic carbocycles. The molecule has 7 nitrogen and oxygen atoms in total. The molecule has 2 N–H and O–H groups in total. The number of rotatable bonds is 3. The molecule has 128 valence electrons. The van der Waals surface area contributed by atoms with Crippen molar-refractivity contribution in [3.63, 3.8) is 0 Å². The number of carbonyl (C=O) groups is 1. The molecule has 0 unspecified atom stereocenters. The van der Waals surface area contributed by atoms with Gasteiger partial charge in [0.1, 0.15) is 23.0 Å². The Morgan fingerprint density at radius 2 is 1.88 bits per heavy atom. The van der Waals surface area contributed by atoms with Gasteiger partial charge >= 0.3 is 0 Å². The molecule has 0 aliphatic rings. The van der Waals surface area contributed by atoms with Gasteiger partial charge in [0.25, 0.3) is 11.5 Å². The highest BCUT2D eigenvalue weighted by Gasteiger charge is 2.22. The summed E-state index contributed by atoms with van der Waals surface area (Å²) in [6.07, 6.45) is 0. The topological polar surface area (TPSA) is 91.0 Å². The lowest BCUT2D eigenvalue weighted by molar-refractivity contribution is 0.102. The zero-order chi connectivity index (χ0) is 18.1. The van der Waals surface area contributed by atoms with Crippen molar-refractivity contribution in [3.05, 3.63) is 45.6 Å². The van der Waals surface area contributed by atoms with E-state index >= 15 is 0 Å². The molecule has 0 radical (unpaired) electrons. The number of aromatic nitrogens is 3. The molecule has 24 heavy (non-hydrogen) atoms. The summed E-state index contributed by atoms with van der Waals surface area (Å²) in [6, 6.07) is 5.29. The van der Waals surface area contributed by atoms with Crippen LogP contribution in [0, 0.1) is 6.92 Å². The first kappa shape index (κ1) is 17.7. The van der Waals surface area contributed by atoms with Gasteiger partial charge in [-0.1, -0.05) is 26.8 Å². The van der Waals surface area contributed by atoms with Gasteiger partial charge in [0, 0.05) is 19.5 Å². The summed E-state index contributed by atoms with van der Waals surface area (Å²) in [5.41, 5.74) is -0.362. The molecule has 0 saturated heterocycles. The third-order valence-electron chi connectivity index (χ3n) is 3.47. The fourth-order valence-corrected chi connectivity index (χ4v) is 2.13. The van der Waals surface area contributed by atoms with E-state index in [9.17, 15) is 9.59 Å². The first-order valence-corrected chi connectivity index (χ1v) is 7.66. The summed E-state index contributed by atoms with van der Waals surface area (Å²) in [6.45, 7) is 7.49. The van der Waals surface area contributed by atoms with E-state index in [1.165, 1.54) is 0 Å². The van der Waals surface area contributed by atoms with Gasteiger partial charge < -0.3 is 15.2 Å². The SMILES string of the molecule is Cc1nc(C(C)(C)C)[nH]c(=O)c1C(=O)Nc1cccc(N(C)C)n1. The van der Waals surface area contributed by atoms with Crippen LogP contribution in [0.3, 0.4) is 0 Å². The third-order valence-corrected chi connectivity index (χ3v) is 3.47. The lowest BCUT2D eigenvalue weighted by atomic mass is 9.95. The van der Waals surface area contributed by atoms with Crippen molar-refractivity contribution < 1.29 is 4.79 Å². The zero-order valence-corrected chi connectivity index (χ0v) is 14.9. The van der Waals surface area contributed by atoms with Crippen LogP contribution >= 0.6 is 0 Å². The average Bonchev–Trinajstić information content (AvgIpc) is 2.45. The lowest BCUT2D eigenvalue weighted by Crippen LogP contribution is -2.30. The summed E-state index contributed by atoms with van der Waals surface area (Å²) in [5.74, 6) is 1.11. The molecule has 2 rings (SSSR count). The number of aromatic amines is 1. The number of aryl methyl sites for hydroxylation is 1. The van der Waals surface area contributed by atoms with Gasteiger partial charge in [-0.05, 0) is 19.1 Å². The second-order valence-electron chi connectivity index (χ2n) is 6.85. The van der Waals surface area contributed by atoms with Gasteiger partial charge in [0.2, 0.25) is 0 Å². The van der Waals surface area contributed by atoms with Gasteiger partial charge in [-0.2, -0.15) is 0 Å². The summed E-state index contributed by atoms with van der Waals surface area (Å²) in [5, 5.41) is 2.66. The highest BCUT2D eigenvalue weighted by molar-refractivity contribution is 6.04. The molecule has 0 spiro atoms. The largest absolute Gasteiger partial charge is 0.363 e. The van der Waals surface area contributed by atoms with Crippen LogP contribution in [-0.4, -0.2) is 35.0 Å². The van der Waals surface area contributed by atoms with Crippen LogP contribution in [0.15, 0.2) is 23.0 Å². The smallest absolute Gasteiger partial charge is 0.264 e. The van der Waals surface area contributed by atoms with E-state index in [4.69, 9.17) is 0 Å². The van der Waals surface area contributed by atoms with E-state index in [0.717, 1.165) is 0 Å². The molecule has 0 atom stereocenters. The molecule has 1 amide bonds. The van der Waals surface area contributed by atoms with Crippen LogP contribution in [0.2, 0.25) is 0 Å². The molecule has 0 aromatic carbocycles. The summed E-state index contributed by atoms with van der Waals surface area (Å²) < 4.78 is 0. The molecule has 2 aromatic rings. The number of nitrogens with one attached hydrogen (secondary N) is 2. The van der Waals surface area contributed by atoms with Crippen LogP contribution in [0.5, 0.6) is 0 Å². The number of amides is 1. The van der Waals surface area contributed by atoms with Crippen LogP contribution < -0.4 is 15.8 Å². The fourth-order valence-electron chi connectivity index (χ4n) is 2.13. The normalized spacial score (nSPS) is 11.2. The minimum Gasteiger partial charge on any atom is -0.363 e. The van der Waals surface area contributed by atoms with Crippen LogP contribution in [0.4, 0.5) is 11.6 Å². The number of hydrogen-bond donors (Lipinski definition) is 2. The molecule has 0 saturated carbocycles. The van der Waals surface area contributed by atoms with Gasteiger partial charge in [0.05, 0.1) is 5.69 Å². The number of anilines is 2. The van der Waals surface area contributed by atoms with Gasteiger partial charge in [-0.15, -0.1) is 0 Å². The van der Waals surface area contributed by atoms with Crippen molar-refractivity contribution in [3.8, 4) is 0 Å². The molecule has 7 heteroatoms. The Balaban J connectivity index is 2.34. The third kappa shape index (κ3) is 3.79. The molecule has 0 aliphatic heterocycles. The minimum absolute atomic E-state index is 0.0000520. The molecule has 2 aromatic heterocycles. The maximum atomic E-state index is 12.5. The fraction of sp³-hybridized carbons (Fsp3) is 0.412. The lowest BCUT2D eigenvalue weighted by Gasteiger charge is -2.18. The standard InChI is InChI=1S/C17H23N5O2/c1-10-13(15(24)21-16(18-10)17(2,3)4)14(23)20-11-8-7-9-12(19-11)22(5)6/h7-9H,1-6H3,(H,18,21,24)(H,19,20,23). The number of H-pyrrole nitrogens is 1. The molecular weight excluding hydrogens is 306 g/mol. The van der Waals surface area contributed by atoms with Gasteiger partial charge in [0.15, 0.2) is 0 Å². The molecule has 0 fully saturated rings. The van der Waals surface area contributed by atoms with Crippen LogP contribution in [0.1, 0.15) is 42.6 Å². The van der Waals surface area contributed by atoms with Gasteiger partial charge in [-0.25, -0.2) is 9.97 Å². The Kier molecular flexibility index (Phi) is 4.73. The Hall–Kier alpha value is -2.70. The van der Waals surface area contributed by atoms with Crippen molar-refractivity contribution in [1.82, 2.24) is 15.0 Å².